The number of benzene rings is 1. The third kappa shape index (κ3) is 3.90. The van der Waals surface area contributed by atoms with E-state index in [0.717, 1.165) is 5.52 Å². The molecule has 1 heterocycles. The van der Waals surface area contributed by atoms with Crippen molar-refractivity contribution in [2.24, 2.45) is 0 Å². The Hall–Kier alpha value is -0.670. The molecule has 0 saturated heterocycles. The van der Waals surface area contributed by atoms with E-state index < -0.39 is 0 Å². The van der Waals surface area contributed by atoms with Gasteiger partial charge in [-0.1, -0.05) is 39.8 Å². The lowest BCUT2D eigenvalue weighted by molar-refractivity contribution is 1.03. The van der Waals surface area contributed by atoms with E-state index in [2.05, 4.69) is 58.9 Å². The van der Waals surface area contributed by atoms with Crippen molar-refractivity contribution in [2.75, 3.05) is 0 Å². The number of nitrogens with zero attached hydrogens (tertiary/aromatic N) is 1. The van der Waals surface area contributed by atoms with E-state index in [0.29, 0.717) is 10.5 Å². The Morgan fingerprint density at radius 3 is 2.26 bits per heavy atom. The lowest BCUT2D eigenvalue weighted by Crippen LogP contribution is -1.95. The van der Waals surface area contributed by atoms with Gasteiger partial charge >= 0.3 is 0 Å². The number of rotatable bonds is 4. The van der Waals surface area contributed by atoms with E-state index >= 15 is 0 Å². The Morgan fingerprint density at radius 1 is 0.947 bits per heavy atom. The van der Waals surface area contributed by atoms with Gasteiger partial charge in [0.2, 0.25) is 0 Å². The zero-order valence-corrected chi connectivity index (χ0v) is 13.9. The van der Waals surface area contributed by atoms with Gasteiger partial charge < -0.3 is 0 Å². The summed E-state index contributed by atoms with van der Waals surface area (Å²) in [6.45, 7) is 11.0. The minimum Gasteiger partial charge on any atom is -0.240 e. The van der Waals surface area contributed by atoms with Crippen molar-refractivity contribution < 1.29 is 0 Å². The molecule has 0 aliphatic heterocycles. The molecule has 0 aliphatic rings. The van der Waals surface area contributed by atoms with Gasteiger partial charge in [0, 0.05) is 20.8 Å². The van der Waals surface area contributed by atoms with Crippen molar-refractivity contribution in [1.29, 1.82) is 0 Å². The quantitative estimate of drug-likeness (QED) is 0.686. The molecule has 0 N–H and O–H groups in total. The molecule has 0 bridgehead atoms. The van der Waals surface area contributed by atoms with E-state index in [-0.39, 0.29) is 0 Å². The van der Waals surface area contributed by atoms with Crippen molar-refractivity contribution in [3.05, 3.63) is 29.8 Å². The molecule has 0 radical (unpaired) electrons. The summed E-state index contributed by atoms with van der Waals surface area (Å²) in [4.78, 5) is 6.18. The lowest BCUT2D eigenvalue weighted by atomic mass is 10.1. The first kappa shape index (κ1) is 14.7. The SMILES string of the molecule is Cc1ccc2cc(SC(C)C)c(SC(C)C)nc2c1. The van der Waals surface area contributed by atoms with Crippen molar-refractivity contribution in [2.45, 2.75) is 55.0 Å². The smallest absolute Gasteiger partial charge is 0.111 e. The fourth-order valence-electron chi connectivity index (χ4n) is 1.89. The highest BCUT2D eigenvalue weighted by molar-refractivity contribution is 8.02. The number of thioether (sulfide) groups is 2. The molecule has 19 heavy (non-hydrogen) atoms. The average molecular weight is 291 g/mol. The number of aryl methyl sites for hydroxylation is 1. The summed E-state index contributed by atoms with van der Waals surface area (Å²) < 4.78 is 0. The van der Waals surface area contributed by atoms with Gasteiger partial charge in [-0.05, 0) is 24.6 Å². The highest BCUT2D eigenvalue weighted by Gasteiger charge is 2.11. The van der Waals surface area contributed by atoms with Gasteiger partial charge in [0.15, 0.2) is 0 Å². The van der Waals surface area contributed by atoms with Crippen LogP contribution in [0, 0.1) is 6.92 Å². The van der Waals surface area contributed by atoms with Gasteiger partial charge in [-0.2, -0.15) is 0 Å². The van der Waals surface area contributed by atoms with Crippen LogP contribution in [-0.4, -0.2) is 15.5 Å². The van der Waals surface area contributed by atoms with E-state index in [4.69, 9.17) is 4.98 Å². The molecule has 0 aliphatic carbocycles. The predicted octanol–water partition coefficient (Wildman–Crippen LogP) is 5.54. The maximum atomic E-state index is 4.87. The second-order valence-corrected chi connectivity index (χ2v) is 8.50. The molecule has 1 aromatic carbocycles. The van der Waals surface area contributed by atoms with E-state index in [1.54, 1.807) is 0 Å². The van der Waals surface area contributed by atoms with Crippen LogP contribution in [0.5, 0.6) is 0 Å². The maximum absolute atomic E-state index is 4.87. The number of hydrogen-bond donors (Lipinski definition) is 0. The van der Waals surface area contributed by atoms with Crippen LogP contribution in [-0.2, 0) is 0 Å². The van der Waals surface area contributed by atoms with Crippen LogP contribution in [0.4, 0.5) is 0 Å². The monoisotopic (exact) mass is 291 g/mol. The summed E-state index contributed by atoms with van der Waals surface area (Å²) in [6.07, 6.45) is 0. The third-order valence-corrected chi connectivity index (χ3v) is 4.79. The molecule has 102 valence electrons. The number of aromatic nitrogens is 1. The number of pyridine rings is 1. The summed E-state index contributed by atoms with van der Waals surface area (Å²) in [6, 6.07) is 8.79. The predicted molar refractivity (Wildman–Crippen MR) is 88.5 cm³/mol. The van der Waals surface area contributed by atoms with Crippen molar-refractivity contribution in [3.63, 3.8) is 0 Å². The highest BCUT2D eigenvalue weighted by atomic mass is 32.2. The summed E-state index contributed by atoms with van der Waals surface area (Å²) in [5, 5.41) is 3.55. The summed E-state index contributed by atoms with van der Waals surface area (Å²) in [5.74, 6) is 0. The Morgan fingerprint density at radius 2 is 1.63 bits per heavy atom. The second-order valence-electron chi connectivity index (χ2n) is 5.32. The molecule has 2 aromatic rings. The van der Waals surface area contributed by atoms with E-state index in [1.807, 2.05) is 23.5 Å². The van der Waals surface area contributed by atoms with E-state index in [1.165, 1.54) is 20.9 Å². The van der Waals surface area contributed by atoms with Crippen LogP contribution in [0.1, 0.15) is 33.3 Å². The lowest BCUT2D eigenvalue weighted by Gasteiger charge is -2.13. The molecule has 0 unspecified atom stereocenters. The molecule has 0 spiro atoms. The van der Waals surface area contributed by atoms with Crippen molar-refractivity contribution >= 4 is 34.4 Å². The van der Waals surface area contributed by atoms with Gasteiger partial charge in [0.1, 0.15) is 5.03 Å². The topological polar surface area (TPSA) is 12.9 Å². The van der Waals surface area contributed by atoms with Gasteiger partial charge in [0.25, 0.3) is 0 Å². The van der Waals surface area contributed by atoms with Crippen molar-refractivity contribution in [1.82, 2.24) is 4.98 Å². The zero-order chi connectivity index (χ0) is 14.0. The summed E-state index contributed by atoms with van der Waals surface area (Å²) >= 11 is 3.76. The minimum absolute atomic E-state index is 0.557. The minimum atomic E-state index is 0.557. The van der Waals surface area contributed by atoms with Gasteiger partial charge in [0.05, 0.1) is 5.52 Å². The van der Waals surface area contributed by atoms with Crippen molar-refractivity contribution in [3.8, 4) is 0 Å². The zero-order valence-electron chi connectivity index (χ0n) is 12.2. The molecule has 0 atom stereocenters. The van der Waals surface area contributed by atoms with Crippen LogP contribution in [0.2, 0.25) is 0 Å². The molecule has 0 fully saturated rings. The standard InChI is InChI=1S/C16H21NS2/c1-10(2)18-15-9-13-7-6-12(5)8-14(13)17-16(15)19-11(3)4/h6-11H,1-5H3. The normalized spacial score (nSPS) is 11.7. The second kappa shape index (κ2) is 6.19. The molecule has 2 rings (SSSR count). The molecule has 1 aromatic heterocycles. The van der Waals surface area contributed by atoms with Crippen LogP contribution < -0.4 is 0 Å². The van der Waals surface area contributed by atoms with Crippen LogP contribution >= 0.6 is 23.5 Å². The first-order chi connectivity index (χ1) is 8.95. The summed E-state index contributed by atoms with van der Waals surface area (Å²) in [7, 11) is 0. The van der Waals surface area contributed by atoms with Gasteiger partial charge in [-0.25, -0.2) is 4.98 Å². The molecule has 0 saturated carbocycles. The Balaban J connectivity index is 2.52. The number of fused-ring (bicyclic) bond motifs is 1. The van der Waals surface area contributed by atoms with Gasteiger partial charge in [-0.15, -0.1) is 23.5 Å². The fourth-order valence-corrected chi connectivity index (χ4v) is 3.80. The first-order valence-corrected chi connectivity index (χ1v) is 8.46. The molecular formula is C16H21NS2. The maximum Gasteiger partial charge on any atom is 0.111 e. The fraction of sp³-hybridized carbons (Fsp3) is 0.438. The van der Waals surface area contributed by atoms with E-state index in [9.17, 15) is 0 Å². The largest absolute Gasteiger partial charge is 0.240 e. The summed E-state index contributed by atoms with van der Waals surface area (Å²) in [5.41, 5.74) is 2.38. The average Bonchev–Trinajstić information content (AvgIpc) is 2.28. The van der Waals surface area contributed by atoms with Crippen LogP contribution in [0.3, 0.4) is 0 Å². The molecule has 3 heteroatoms. The van der Waals surface area contributed by atoms with Crippen LogP contribution in [0.25, 0.3) is 10.9 Å². The van der Waals surface area contributed by atoms with Crippen LogP contribution in [0.15, 0.2) is 34.2 Å². The Bertz CT molecular complexity index is 576. The number of hydrogen-bond acceptors (Lipinski definition) is 3. The highest BCUT2D eigenvalue weighted by Crippen LogP contribution is 2.36. The molecule has 0 amide bonds. The first-order valence-electron chi connectivity index (χ1n) is 6.70. The molecular weight excluding hydrogens is 270 g/mol. The molecule has 1 nitrogen and oxygen atoms in total. The Kier molecular flexibility index (Phi) is 4.80. The Labute approximate surface area is 124 Å². The van der Waals surface area contributed by atoms with Gasteiger partial charge in [-0.3, -0.25) is 0 Å². The third-order valence-electron chi connectivity index (χ3n) is 2.62.